The number of hydrogen-bond donors (Lipinski definition) is 2. The molecule has 2 aliphatic heterocycles. The lowest BCUT2D eigenvalue weighted by Gasteiger charge is -2.33. The van der Waals surface area contributed by atoms with E-state index >= 15 is 0 Å². The fraction of sp³-hybridized carbons (Fsp3) is 0.320. The first-order valence-corrected chi connectivity index (χ1v) is 11.4. The van der Waals surface area contributed by atoms with Crippen molar-refractivity contribution >= 4 is 23.3 Å². The second-order valence-electron chi connectivity index (χ2n) is 8.51. The van der Waals surface area contributed by atoms with Crippen molar-refractivity contribution in [2.75, 3.05) is 18.4 Å². The first kappa shape index (κ1) is 21.1. The van der Waals surface area contributed by atoms with Crippen molar-refractivity contribution in [1.29, 1.82) is 0 Å². The lowest BCUT2D eigenvalue weighted by molar-refractivity contribution is -0.135. The molecule has 0 saturated carbocycles. The molecule has 0 radical (unpaired) electrons. The molecule has 0 aliphatic carbocycles. The van der Waals surface area contributed by atoms with Crippen LogP contribution in [0.5, 0.6) is 0 Å². The highest BCUT2D eigenvalue weighted by Crippen LogP contribution is 2.29. The van der Waals surface area contributed by atoms with Gasteiger partial charge >= 0.3 is 0 Å². The van der Waals surface area contributed by atoms with Crippen LogP contribution in [0.25, 0.3) is 11.3 Å². The van der Waals surface area contributed by atoms with Crippen molar-refractivity contribution in [3.8, 4) is 11.3 Å². The quantitative estimate of drug-likeness (QED) is 0.629. The van der Waals surface area contributed by atoms with Gasteiger partial charge in [0.15, 0.2) is 0 Å². The summed E-state index contributed by atoms with van der Waals surface area (Å²) < 4.78 is 0. The van der Waals surface area contributed by atoms with Crippen LogP contribution in [-0.4, -0.2) is 50.8 Å². The molecule has 3 aromatic rings. The van der Waals surface area contributed by atoms with Crippen LogP contribution < -0.4 is 10.6 Å². The van der Waals surface area contributed by atoms with Gasteiger partial charge in [-0.25, -0.2) is 9.97 Å². The maximum atomic E-state index is 13.0. The molecule has 2 fully saturated rings. The smallest absolute Gasteiger partial charge is 0.245 e. The van der Waals surface area contributed by atoms with Crippen molar-refractivity contribution < 1.29 is 9.59 Å². The number of likely N-dealkylation sites (tertiary alicyclic amines) is 1. The van der Waals surface area contributed by atoms with E-state index in [4.69, 9.17) is 9.97 Å². The maximum Gasteiger partial charge on any atom is 0.245 e. The van der Waals surface area contributed by atoms with Crippen LogP contribution in [0.1, 0.15) is 37.4 Å². The minimum atomic E-state index is -0.407. The lowest BCUT2D eigenvalue weighted by atomic mass is 9.96. The molecule has 2 aromatic heterocycles. The topological polar surface area (TPSA) is 100 Å². The van der Waals surface area contributed by atoms with Crippen molar-refractivity contribution in [1.82, 2.24) is 25.2 Å². The van der Waals surface area contributed by atoms with E-state index in [-0.39, 0.29) is 17.7 Å². The Morgan fingerprint density at radius 3 is 2.64 bits per heavy atom. The molecule has 2 atom stereocenters. The van der Waals surface area contributed by atoms with Gasteiger partial charge in [-0.3, -0.25) is 14.6 Å². The number of rotatable bonds is 5. The molecule has 2 N–H and O–H groups in total. The van der Waals surface area contributed by atoms with E-state index in [1.165, 1.54) is 0 Å². The first-order chi connectivity index (χ1) is 16.2. The zero-order valence-electron chi connectivity index (χ0n) is 18.3. The normalized spacial score (nSPS) is 20.4. The largest absolute Gasteiger partial charge is 0.344 e. The van der Waals surface area contributed by atoms with Crippen LogP contribution in [0.2, 0.25) is 0 Å². The molecule has 8 heteroatoms. The average molecular weight is 443 g/mol. The number of carbonyl (C=O) groups excluding carboxylic acids is 2. The predicted molar refractivity (Wildman–Crippen MR) is 125 cm³/mol. The lowest BCUT2D eigenvalue weighted by Crippen LogP contribution is -2.48. The summed E-state index contributed by atoms with van der Waals surface area (Å²) in [6.07, 6.45) is 6.26. The Balaban J connectivity index is 1.42. The van der Waals surface area contributed by atoms with Gasteiger partial charge in [0.2, 0.25) is 11.8 Å². The SMILES string of the molecule is O=C1CC[C@H](C(=O)N2CCC[C@H](c3nc(Nc4ccccc4)cc(-c4ccncc4)n3)C2)N1. The first-order valence-electron chi connectivity index (χ1n) is 11.4. The Hall–Kier alpha value is -3.81. The molecular formula is C25H26N6O2. The van der Waals surface area contributed by atoms with Crippen molar-refractivity contribution in [2.45, 2.75) is 37.6 Å². The number of pyridine rings is 1. The molecular weight excluding hydrogens is 416 g/mol. The van der Waals surface area contributed by atoms with Gasteiger partial charge in [0.1, 0.15) is 17.7 Å². The third kappa shape index (κ3) is 4.84. The van der Waals surface area contributed by atoms with Crippen LogP contribution in [0.15, 0.2) is 60.9 Å². The summed E-state index contributed by atoms with van der Waals surface area (Å²) in [5.74, 6) is 1.41. The second-order valence-corrected chi connectivity index (χ2v) is 8.51. The number of anilines is 2. The summed E-state index contributed by atoms with van der Waals surface area (Å²) in [6.45, 7) is 1.25. The van der Waals surface area contributed by atoms with Crippen LogP contribution in [0.3, 0.4) is 0 Å². The summed E-state index contributed by atoms with van der Waals surface area (Å²) in [6, 6.07) is 15.3. The molecule has 4 heterocycles. The Morgan fingerprint density at radius 2 is 1.88 bits per heavy atom. The van der Waals surface area contributed by atoms with Gasteiger partial charge in [-0.05, 0) is 43.5 Å². The number of para-hydroxylation sites is 1. The van der Waals surface area contributed by atoms with E-state index in [1.54, 1.807) is 12.4 Å². The van der Waals surface area contributed by atoms with E-state index in [0.717, 1.165) is 35.6 Å². The van der Waals surface area contributed by atoms with Gasteiger partial charge in [0.25, 0.3) is 0 Å². The molecule has 0 unspecified atom stereocenters. The standard InChI is InChI=1S/C25H26N6O2/c32-23-9-8-20(28-23)25(33)31-14-4-5-18(16-31)24-29-21(17-10-12-26-13-11-17)15-22(30-24)27-19-6-2-1-3-7-19/h1-3,6-7,10-13,15,18,20H,4-5,8-9,14,16H2,(H,28,32)(H,27,29,30)/t18-,20+/m0/s1. The van der Waals surface area contributed by atoms with Crippen LogP contribution >= 0.6 is 0 Å². The Bertz CT molecular complexity index is 1140. The number of nitrogens with one attached hydrogen (secondary N) is 2. The molecule has 1 aromatic carbocycles. The Kier molecular flexibility index (Phi) is 5.97. The number of aromatic nitrogens is 3. The van der Waals surface area contributed by atoms with Gasteiger partial charge in [-0.15, -0.1) is 0 Å². The van der Waals surface area contributed by atoms with Gasteiger partial charge in [0, 0.05) is 55.1 Å². The number of piperidine rings is 1. The monoisotopic (exact) mass is 442 g/mol. The highest BCUT2D eigenvalue weighted by atomic mass is 16.2. The van der Waals surface area contributed by atoms with Crippen LogP contribution in [0.4, 0.5) is 11.5 Å². The van der Waals surface area contributed by atoms with Gasteiger partial charge < -0.3 is 15.5 Å². The molecule has 2 amide bonds. The average Bonchev–Trinajstić information content (AvgIpc) is 3.31. The molecule has 0 bridgehead atoms. The van der Waals surface area contributed by atoms with E-state index in [2.05, 4.69) is 15.6 Å². The Labute approximate surface area is 192 Å². The molecule has 8 nitrogen and oxygen atoms in total. The third-order valence-electron chi connectivity index (χ3n) is 6.16. The van der Waals surface area contributed by atoms with Crippen molar-refractivity contribution in [3.05, 3.63) is 66.7 Å². The van der Waals surface area contributed by atoms with E-state index in [9.17, 15) is 9.59 Å². The highest BCUT2D eigenvalue weighted by Gasteiger charge is 2.34. The Morgan fingerprint density at radius 1 is 1.06 bits per heavy atom. The highest BCUT2D eigenvalue weighted by molar-refractivity contribution is 5.90. The van der Waals surface area contributed by atoms with E-state index < -0.39 is 6.04 Å². The minimum absolute atomic E-state index is 0.00141. The van der Waals surface area contributed by atoms with Gasteiger partial charge in [-0.1, -0.05) is 18.2 Å². The van der Waals surface area contributed by atoms with Crippen molar-refractivity contribution in [3.63, 3.8) is 0 Å². The van der Waals surface area contributed by atoms with Crippen molar-refractivity contribution in [2.24, 2.45) is 0 Å². The summed E-state index contributed by atoms with van der Waals surface area (Å²) in [5, 5.41) is 6.18. The fourth-order valence-corrected chi connectivity index (χ4v) is 4.46. The van der Waals surface area contributed by atoms with Gasteiger partial charge in [-0.2, -0.15) is 0 Å². The summed E-state index contributed by atoms with van der Waals surface area (Å²) >= 11 is 0. The zero-order chi connectivity index (χ0) is 22.6. The number of amides is 2. The number of nitrogens with zero attached hydrogens (tertiary/aromatic N) is 4. The van der Waals surface area contributed by atoms with Crippen LogP contribution in [0, 0.1) is 0 Å². The predicted octanol–water partition coefficient (Wildman–Crippen LogP) is 3.27. The molecule has 2 aliphatic rings. The zero-order valence-corrected chi connectivity index (χ0v) is 18.3. The fourth-order valence-electron chi connectivity index (χ4n) is 4.46. The molecule has 33 heavy (non-hydrogen) atoms. The molecule has 168 valence electrons. The van der Waals surface area contributed by atoms with Crippen LogP contribution in [-0.2, 0) is 9.59 Å². The van der Waals surface area contributed by atoms with Gasteiger partial charge in [0.05, 0.1) is 5.69 Å². The number of carbonyl (C=O) groups is 2. The molecule has 0 spiro atoms. The van der Waals surface area contributed by atoms with E-state index in [1.807, 2.05) is 53.4 Å². The second kappa shape index (κ2) is 9.36. The maximum absolute atomic E-state index is 13.0. The summed E-state index contributed by atoms with van der Waals surface area (Å²) in [4.78, 5) is 40.2. The van der Waals surface area contributed by atoms with E-state index in [0.29, 0.717) is 31.7 Å². The third-order valence-corrected chi connectivity index (χ3v) is 6.16. The molecule has 5 rings (SSSR count). The summed E-state index contributed by atoms with van der Waals surface area (Å²) in [5.41, 5.74) is 2.72. The number of hydrogen-bond acceptors (Lipinski definition) is 6. The minimum Gasteiger partial charge on any atom is -0.344 e. The number of benzene rings is 1. The summed E-state index contributed by atoms with van der Waals surface area (Å²) in [7, 11) is 0. The molecule has 2 saturated heterocycles.